The lowest BCUT2D eigenvalue weighted by Gasteiger charge is -1.99. The number of aromatic amines is 1. The minimum atomic E-state index is -0.223. The molecule has 0 radical (unpaired) electrons. The second kappa shape index (κ2) is 4.10. The number of nitrogens with zero attached hydrogens (tertiary/aromatic N) is 1. The average molecular weight is 216 g/mol. The van der Waals surface area contributed by atoms with Crippen LogP contribution in [0.2, 0.25) is 0 Å². The fourth-order valence-electron chi connectivity index (χ4n) is 1.48. The van der Waals surface area contributed by atoms with E-state index in [-0.39, 0.29) is 11.5 Å². The zero-order valence-electron chi connectivity index (χ0n) is 8.84. The van der Waals surface area contributed by atoms with Crippen LogP contribution in [0.15, 0.2) is 42.7 Å². The average Bonchev–Trinajstić information content (AvgIpc) is 2.86. The van der Waals surface area contributed by atoms with Gasteiger partial charge in [0.2, 0.25) is 5.78 Å². The van der Waals surface area contributed by atoms with E-state index in [0.717, 1.165) is 0 Å². The van der Waals surface area contributed by atoms with Crippen molar-refractivity contribution >= 4 is 11.5 Å². The quantitative estimate of drug-likeness (QED) is 0.469. The third-order valence-electron chi connectivity index (χ3n) is 2.34. The highest BCUT2D eigenvalue weighted by atomic mass is 16.3. The molecule has 2 heterocycles. The standard InChI is InChI=1S/C12H12N2O2/c1-14-7-3-5-10(14)12(16)8-11(15)9-4-2-6-13-9/h2-8,13,15H,1H3/b11-8-. The number of hydrogen-bond donors (Lipinski definition) is 2. The Labute approximate surface area is 92.8 Å². The highest BCUT2D eigenvalue weighted by Crippen LogP contribution is 2.10. The lowest BCUT2D eigenvalue weighted by Crippen LogP contribution is -2.03. The summed E-state index contributed by atoms with van der Waals surface area (Å²) in [5, 5.41) is 9.67. The number of allylic oxidation sites excluding steroid dienone is 1. The molecule has 4 nitrogen and oxygen atoms in total. The molecule has 0 fully saturated rings. The first-order chi connectivity index (χ1) is 7.68. The largest absolute Gasteiger partial charge is 0.506 e. The molecule has 0 bridgehead atoms. The minimum absolute atomic E-state index is 0.0591. The molecule has 2 aromatic heterocycles. The number of aryl methyl sites for hydroxylation is 1. The number of ketones is 1. The van der Waals surface area contributed by atoms with E-state index in [2.05, 4.69) is 4.98 Å². The minimum Gasteiger partial charge on any atom is -0.506 e. The molecule has 2 aromatic rings. The van der Waals surface area contributed by atoms with E-state index in [4.69, 9.17) is 0 Å². The van der Waals surface area contributed by atoms with E-state index >= 15 is 0 Å². The Hall–Kier alpha value is -2.23. The molecule has 0 aromatic carbocycles. The summed E-state index contributed by atoms with van der Waals surface area (Å²) in [7, 11) is 1.78. The van der Waals surface area contributed by atoms with Crippen molar-refractivity contribution in [2.24, 2.45) is 7.05 Å². The fraction of sp³-hybridized carbons (Fsp3) is 0.0833. The molecule has 0 spiro atoms. The monoisotopic (exact) mass is 216 g/mol. The molecule has 2 N–H and O–H groups in total. The smallest absolute Gasteiger partial charge is 0.205 e. The fourth-order valence-corrected chi connectivity index (χ4v) is 1.48. The van der Waals surface area contributed by atoms with Gasteiger partial charge >= 0.3 is 0 Å². The van der Waals surface area contributed by atoms with Gasteiger partial charge in [0.1, 0.15) is 5.76 Å². The summed E-state index contributed by atoms with van der Waals surface area (Å²) in [5.41, 5.74) is 1.07. The molecule has 2 rings (SSSR count). The highest BCUT2D eigenvalue weighted by Gasteiger charge is 2.08. The topological polar surface area (TPSA) is 58.0 Å². The summed E-state index contributed by atoms with van der Waals surface area (Å²) in [6, 6.07) is 6.95. The molecule has 0 amide bonds. The maximum absolute atomic E-state index is 11.8. The van der Waals surface area contributed by atoms with Crippen LogP contribution in [0.5, 0.6) is 0 Å². The highest BCUT2D eigenvalue weighted by molar-refractivity contribution is 6.06. The maximum Gasteiger partial charge on any atom is 0.205 e. The van der Waals surface area contributed by atoms with Crippen LogP contribution in [0.25, 0.3) is 5.76 Å². The van der Waals surface area contributed by atoms with E-state index in [1.165, 1.54) is 6.08 Å². The first-order valence-electron chi connectivity index (χ1n) is 4.88. The Balaban J connectivity index is 2.25. The molecule has 0 aliphatic heterocycles. The number of H-pyrrole nitrogens is 1. The van der Waals surface area contributed by atoms with E-state index in [1.54, 1.807) is 48.3 Å². The normalized spacial score (nSPS) is 11.7. The van der Waals surface area contributed by atoms with E-state index in [0.29, 0.717) is 11.4 Å². The summed E-state index contributed by atoms with van der Waals surface area (Å²) in [4.78, 5) is 14.6. The summed E-state index contributed by atoms with van der Waals surface area (Å²) >= 11 is 0. The van der Waals surface area contributed by atoms with Crippen molar-refractivity contribution in [1.29, 1.82) is 0 Å². The van der Waals surface area contributed by atoms with Crippen LogP contribution >= 0.6 is 0 Å². The summed E-state index contributed by atoms with van der Waals surface area (Å²) < 4.78 is 1.71. The molecule has 0 aliphatic carbocycles. The van der Waals surface area contributed by atoms with Crippen molar-refractivity contribution in [2.75, 3.05) is 0 Å². The molecule has 0 atom stereocenters. The Kier molecular flexibility index (Phi) is 2.64. The molecular formula is C12H12N2O2. The Bertz CT molecular complexity index is 521. The Morgan fingerprint density at radius 2 is 2.25 bits per heavy atom. The molecule has 16 heavy (non-hydrogen) atoms. The lowest BCUT2D eigenvalue weighted by atomic mass is 10.2. The van der Waals surface area contributed by atoms with Crippen molar-refractivity contribution in [3.63, 3.8) is 0 Å². The zero-order chi connectivity index (χ0) is 11.5. The van der Waals surface area contributed by atoms with Crippen molar-refractivity contribution in [3.8, 4) is 0 Å². The van der Waals surface area contributed by atoms with Gasteiger partial charge in [0.05, 0.1) is 11.4 Å². The van der Waals surface area contributed by atoms with Gasteiger partial charge in [-0.2, -0.15) is 0 Å². The number of aliphatic hydroxyl groups is 1. The van der Waals surface area contributed by atoms with Crippen molar-refractivity contribution < 1.29 is 9.90 Å². The number of hydrogen-bond acceptors (Lipinski definition) is 2. The van der Waals surface area contributed by atoms with Crippen LogP contribution in [0.1, 0.15) is 16.2 Å². The van der Waals surface area contributed by atoms with Gasteiger partial charge in [-0.25, -0.2) is 0 Å². The first kappa shape index (κ1) is 10.3. The molecule has 0 unspecified atom stereocenters. The molecule has 0 saturated heterocycles. The van der Waals surface area contributed by atoms with Gasteiger partial charge in [-0.05, 0) is 24.3 Å². The van der Waals surface area contributed by atoms with Gasteiger partial charge < -0.3 is 14.7 Å². The maximum atomic E-state index is 11.8. The second-order valence-electron chi connectivity index (χ2n) is 3.48. The van der Waals surface area contributed by atoms with Crippen LogP contribution in [0.3, 0.4) is 0 Å². The predicted octanol–water partition coefficient (Wildman–Crippen LogP) is 2.14. The van der Waals surface area contributed by atoms with Gasteiger partial charge in [-0.1, -0.05) is 0 Å². The van der Waals surface area contributed by atoms with Gasteiger partial charge in [-0.15, -0.1) is 0 Å². The van der Waals surface area contributed by atoms with Gasteiger partial charge in [0.25, 0.3) is 0 Å². The zero-order valence-corrected chi connectivity index (χ0v) is 8.84. The Morgan fingerprint density at radius 3 is 2.81 bits per heavy atom. The third kappa shape index (κ3) is 1.91. The summed E-state index contributed by atoms with van der Waals surface area (Å²) in [5.74, 6) is -0.282. The summed E-state index contributed by atoms with van der Waals surface area (Å²) in [6.07, 6.45) is 4.68. The molecule has 4 heteroatoms. The van der Waals surface area contributed by atoms with Crippen LogP contribution in [0, 0.1) is 0 Å². The number of nitrogens with one attached hydrogen (secondary N) is 1. The van der Waals surface area contributed by atoms with Gasteiger partial charge in [-0.3, -0.25) is 4.79 Å². The van der Waals surface area contributed by atoms with Crippen molar-refractivity contribution in [3.05, 3.63) is 54.1 Å². The molecular weight excluding hydrogens is 204 g/mol. The van der Waals surface area contributed by atoms with Crippen molar-refractivity contribution in [1.82, 2.24) is 9.55 Å². The van der Waals surface area contributed by atoms with E-state index in [1.807, 2.05) is 0 Å². The number of carbonyl (C=O) groups excluding carboxylic acids is 1. The van der Waals surface area contributed by atoms with Crippen LogP contribution in [-0.4, -0.2) is 20.4 Å². The van der Waals surface area contributed by atoms with Crippen LogP contribution in [-0.2, 0) is 7.05 Å². The second-order valence-corrected chi connectivity index (χ2v) is 3.48. The van der Waals surface area contributed by atoms with E-state index in [9.17, 15) is 9.90 Å². The van der Waals surface area contributed by atoms with Crippen molar-refractivity contribution in [2.45, 2.75) is 0 Å². The molecule has 82 valence electrons. The number of carbonyl (C=O) groups is 1. The lowest BCUT2D eigenvalue weighted by molar-refractivity contribution is 0.103. The SMILES string of the molecule is Cn1cccc1C(=O)/C=C(\O)c1ccc[nH]1. The predicted molar refractivity (Wildman–Crippen MR) is 61.1 cm³/mol. The van der Waals surface area contributed by atoms with Gasteiger partial charge in [0, 0.05) is 25.5 Å². The number of aromatic nitrogens is 2. The van der Waals surface area contributed by atoms with Gasteiger partial charge in [0.15, 0.2) is 0 Å². The Morgan fingerprint density at radius 1 is 1.44 bits per heavy atom. The van der Waals surface area contributed by atoms with E-state index < -0.39 is 0 Å². The first-order valence-corrected chi connectivity index (χ1v) is 4.88. The van der Waals surface area contributed by atoms with Crippen LogP contribution < -0.4 is 0 Å². The number of rotatable bonds is 3. The molecule has 0 saturated carbocycles. The van der Waals surface area contributed by atoms with Crippen LogP contribution in [0.4, 0.5) is 0 Å². The molecule has 0 aliphatic rings. The number of aliphatic hydroxyl groups excluding tert-OH is 1. The third-order valence-corrected chi connectivity index (χ3v) is 2.34. The summed E-state index contributed by atoms with van der Waals surface area (Å²) in [6.45, 7) is 0.